The van der Waals surface area contributed by atoms with E-state index >= 15 is 0 Å². The van der Waals surface area contributed by atoms with Gasteiger partial charge in [0.25, 0.3) is 10.1 Å². The Morgan fingerprint density at radius 3 is 1.81 bits per heavy atom. The van der Waals surface area contributed by atoms with Crippen molar-refractivity contribution in [1.82, 2.24) is 0 Å². The third kappa shape index (κ3) is 15.3. The van der Waals surface area contributed by atoms with Crippen molar-refractivity contribution in [3.05, 3.63) is 0 Å². The smallest absolute Gasteiger partial charge is 0.335 e. The van der Waals surface area contributed by atoms with Gasteiger partial charge in [0.2, 0.25) is 0 Å². The van der Waals surface area contributed by atoms with E-state index in [1.165, 1.54) is 0 Å². The first-order valence-electron chi connectivity index (χ1n) is 12.3. The molecule has 1 rings (SSSR count). The molecule has 1 aliphatic heterocycles. The van der Waals surface area contributed by atoms with Crippen LogP contribution in [0, 0.1) is 0 Å². The number of carboxylic acid groups (broad SMARTS) is 1. The third-order valence-corrected chi connectivity index (χ3v) is 6.53. The molecule has 1 aliphatic rings. The summed E-state index contributed by atoms with van der Waals surface area (Å²) in [6, 6.07) is 0. The van der Waals surface area contributed by atoms with E-state index < -0.39 is 46.6 Å². The number of rotatable bonds is 21. The fraction of sp³-hybridized carbons (Fsp3) is 0.955. The summed E-state index contributed by atoms with van der Waals surface area (Å²) < 4.78 is 63.4. The highest BCUT2D eigenvalue weighted by molar-refractivity contribution is 7.85. The lowest BCUT2D eigenvalue weighted by molar-refractivity contribution is -0.890. The van der Waals surface area contributed by atoms with Crippen molar-refractivity contribution in [2.45, 2.75) is 43.9 Å². The standard InChI is InChI=1S/C22H43NO13S/c1-17-20(18(24)19(25)21(36-17)22(26)27)35-15-14-34-13-12-33-11-10-32-9-8-31-7-6-23(2,3)5-4-16-37(28,29)30/h17-21,24-25H,4-16H2,1-3H3,(H-,26,27,28,29,30)/p+1/t17?,18-,19-,20-,21?/m0/s1. The number of likely N-dealkylation sites (N-methyl/N-ethyl adjacent to an activating group) is 1. The van der Waals surface area contributed by atoms with Gasteiger partial charge in [-0.25, -0.2) is 4.79 Å². The predicted octanol–water partition coefficient (Wildman–Crippen LogP) is -1.61. The molecule has 2 unspecified atom stereocenters. The molecule has 0 aliphatic carbocycles. The summed E-state index contributed by atoms with van der Waals surface area (Å²) in [4.78, 5) is 11.0. The number of ether oxygens (including phenoxy) is 6. The van der Waals surface area contributed by atoms with Gasteiger partial charge in [-0.05, 0) is 6.92 Å². The van der Waals surface area contributed by atoms with E-state index in [1.54, 1.807) is 6.92 Å². The summed E-state index contributed by atoms with van der Waals surface area (Å²) >= 11 is 0. The van der Waals surface area contributed by atoms with E-state index in [0.29, 0.717) is 70.2 Å². The Labute approximate surface area is 218 Å². The summed E-state index contributed by atoms with van der Waals surface area (Å²) in [7, 11) is 0.0190. The van der Waals surface area contributed by atoms with Crippen molar-refractivity contribution in [2.75, 3.05) is 92.4 Å². The molecule has 0 radical (unpaired) electrons. The average Bonchev–Trinajstić information content (AvgIpc) is 2.79. The maximum atomic E-state index is 11.0. The Morgan fingerprint density at radius 1 is 0.838 bits per heavy atom. The zero-order valence-electron chi connectivity index (χ0n) is 21.9. The Balaban J connectivity index is 1.93. The van der Waals surface area contributed by atoms with Gasteiger partial charge in [-0.2, -0.15) is 8.42 Å². The highest BCUT2D eigenvalue weighted by Gasteiger charge is 2.46. The van der Waals surface area contributed by atoms with Crippen LogP contribution in [-0.4, -0.2) is 162 Å². The summed E-state index contributed by atoms with van der Waals surface area (Å²) in [5, 5.41) is 29.0. The molecule has 0 bridgehead atoms. The number of hydrogen-bond acceptors (Lipinski definition) is 11. The Hall–Kier alpha value is -0.980. The van der Waals surface area contributed by atoms with E-state index in [2.05, 4.69) is 0 Å². The van der Waals surface area contributed by atoms with Gasteiger partial charge in [0.15, 0.2) is 6.10 Å². The van der Waals surface area contributed by atoms with E-state index in [0.717, 1.165) is 0 Å². The zero-order valence-corrected chi connectivity index (χ0v) is 22.7. The van der Waals surface area contributed by atoms with Gasteiger partial charge < -0.3 is 48.2 Å². The lowest BCUT2D eigenvalue weighted by Gasteiger charge is -2.39. The predicted molar refractivity (Wildman–Crippen MR) is 130 cm³/mol. The first-order valence-corrected chi connectivity index (χ1v) is 13.9. The maximum Gasteiger partial charge on any atom is 0.335 e. The van der Waals surface area contributed by atoms with Crippen molar-refractivity contribution in [1.29, 1.82) is 0 Å². The molecule has 15 heteroatoms. The quantitative estimate of drug-likeness (QED) is 0.0711. The van der Waals surface area contributed by atoms with Crippen LogP contribution in [0.25, 0.3) is 0 Å². The number of aliphatic carboxylic acids is 1. The number of carboxylic acids is 1. The SMILES string of the molecule is CC1OC(C(=O)O)[C@@H](O)[C@H](O)[C@H]1OCCOCCOCCOCCOCC[N+](C)(C)CCCS(=O)(=O)O. The normalized spacial score (nSPS) is 24.9. The minimum Gasteiger partial charge on any atom is -0.479 e. The van der Waals surface area contributed by atoms with Gasteiger partial charge in [-0.15, -0.1) is 0 Å². The molecular weight excluding hydrogens is 518 g/mol. The van der Waals surface area contributed by atoms with Crippen LogP contribution in [0.5, 0.6) is 0 Å². The molecular formula is C22H44NO13S+. The van der Waals surface area contributed by atoms with Gasteiger partial charge in [0.05, 0.1) is 92.0 Å². The van der Waals surface area contributed by atoms with Gasteiger partial charge in [-0.3, -0.25) is 4.55 Å². The van der Waals surface area contributed by atoms with Crippen molar-refractivity contribution < 1.29 is 66.0 Å². The first kappa shape index (κ1) is 34.0. The summed E-state index contributed by atoms with van der Waals surface area (Å²) in [6.45, 7) is 6.09. The monoisotopic (exact) mass is 562 g/mol. The first-order chi connectivity index (χ1) is 17.3. The Morgan fingerprint density at radius 2 is 1.32 bits per heavy atom. The fourth-order valence-electron chi connectivity index (χ4n) is 3.58. The van der Waals surface area contributed by atoms with Crippen LogP contribution >= 0.6 is 0 Å². The van der Waals surface area contributed by atoms with Crippen LogP contribution in [0.3, 0.4) is 0 Å². The fourth-order valence-corrected chi connectivity index (χ4v) is 4.08. The molecule has 0 aromatic carbocycles. The molecule has 0 amide bonds. The molecule has 1 saturated heterocycles. The van der Waals surface area contributed by atoms with Crippen LogP contribution in [0.15, 0.2) is 0 Å². The second kappa shape index (κ2) is 17.6. The highest BCUT2D eigenvalue weighted by Crippen LogP contribution is 2.23. The molecule has 0 spiro atoms. The molecule has 14 nitrogen and oxygen atoms in total. The number of nitrogens with zero attached hydrogens (tertiary/aromatic N) is 1. The summed E-state index contributed by atoms with van der Waals surface area (Å²) in [6.07, 6.45) is -5.64. The van der Waals surface area contributed by atoms with E-state index in [-0.39, 0.29) is 19.0 Å². The van der Waals surface area contributed by atoms with Crippen LogP contribution in [0.4, 0.5) is 0 Å². The van der Waals surface area contributed by atoms with Crippen LogP contribution in [-0.2, 0) is 43.3 Å². The zero-order chi connectivity index (χ0) is 27.9. The number of carbonyl (C=O) groups is 1. The second-order valence-electron chi connectivity index (χ2n) is 9.39. The van der Waals surface area contributed by atoms with Crippen molar-refractivity contribution in [3.8, 4) is 0 Å². The van der Waals surface area contributed by atoms with E-state index in [9.17, 15) is 23.4 Å². The summed E-state index contributed by atoms with van der Waals surface area (Å²) in [5.41, 5.74) is 0. The number of quaternary nitrogens is 1. The van der Waals surface area contributed by atoms with Gasteiger partial charge in [-0.1, -0.05) is 0 Å². The number of aliphatic hydroxyl groups excluding tert-OH is 2. The average molecular weight is 563 g/mol. The van der Waals surface area contributed by atoms with Crippen molar-refractivity contribution in [3.63, 3.8) is 0 Å². The minimum absolute atomic E-state index is 0.129. The Kier molecular flexibility index (Phi) is 16.2. The maximum absolute atomic E-state index is 11.0. The Bertz CT molecular complexity index is 736. The highest BCUT2D eigenvalue weighted by atomic mass is 32.2. The van der Waals surface area contributed by atoms with E-state index in [4.69, 9.17) is 38.1 Å². The molecule has 5 atom stereocenters. The van der Waals surface area contributed by atoms with Crippen LogP contribution < -0.4 is 0 Å². The van der Waals surface area contributed by atoms with Crippen molar-refractivity contribution >= 4 is 16.1 Å². The van der Waals surface area contributed by atoms with Crippen LogP contribution in [0.1, 0.15) is 13.3 Å². The van der Waals surface area contributed by atoms with Crippen molar-refractivity contribution in [2.24, 2.45) is 0 Å². The number of hydrogen-bond donors (Lipinski definition) is 4. The third-order valence-electron chi connectivity index (χ3n) is 5.72. The molecule has 0 aromatic heterocycles. The molecule has 4 N–H and O–H groups in total. The topological polar surface area (TPSA) is 188 Å². The van der Waals surface area contributed by atoms with E-state index in [1.807, 2.05) is 14.1 Å². The molecule has 0 saturated carbocycles. The molecule has 37 heavy (non-hydrogen) atoms. The van der Waals surface area contributed by atoms with Gasteiger partial charge >= 0.3 is 5.97 Å². The molecule has 220 valence electrons. The molecule has 0 aromatic rings. The molecule has 1 heterocycles. The lowest BCUT2D eigenvalue weighted by Crippen LogP contribution is -2.59. The van der Waals surface area contributed by atoms with Crippen LogP contribution in [0.2, 0.25) is 0 Å². The lowest BCUT2D eigenvalue weighted by atomic mass is 9.95. The molecule has 1 fully saturated rings. The second-order valence-corrected chi connectivity index (χ2v) is 11.0. The van der Waals surface area contributed by atoms with Gasteiger partial charge in [0, 0.05) is 6.42 Å². The minimum atomic E-state index is -3.92. The largest absolute Gasteiger partial charge is 0.479 e. The van der Waals surface area contributed by atoms with Gasteiger partial charge in [0.1, 0.15) is 24.9 Å². The summed E-state index contributed by atoms with van der Waals surface area (Å²) in [5.74, 6) is -1.58. The number of aliphatic hydroxyl groups is 2.